The van der Waals surface area contributed by atoms with Crippen LogP contribution in [0.25, 0.3) is 0 Å². The average molecular weight is 365 g/mol. The van der Waals surface area contributed by atoms with E-state index < -0.39 is 24.8 Å². The van der Waals surface area contributed by atoms with Gasteiger partial charge in [-0.05, 0) is 12.8 Å². The number of carboxylic acid groups (broad SMARTS) is 2. The molecule has 0 bridgehead atoms. The first kappa shape index (κ1) is 26.8. The third-order valence-corrected chi connectivity index (χ3v) is 2.37. The first-order valence-corrected chi connectivity index (χ1v) is 8.10. The molecule has 0 atom stereocenters. The molecule has 0 fully saturated rings. The third-order valence-electron chi connectivity index (χ3n) is 2.05. The van der Waals surface area contributed by atoms with E-state index in [4.69, 9.17) is 3.32 Å². The fraction of sp³-hybridized carbons (Fsp3) is 0.733. The van der Waals surface area contributed by atoms with E-state index in [0.29, 0.717) is 25.7 Å². The van der Waals surface area contributed by atoms with Crippen LogP contribution in [0.4, 0.5) is 0 Å². The fourth-order valence-electron chi connectivity index (χ4n) is 1.16. The molecule has 0 N–H and O–H groups in total. The van der Waals surface area contributed by atoms with Gasteiger partial charge in [0.25, 0.3) is 0 Å². The van der Waals surface area contributed by atoms with Crippen molar-refractivity contribution in [3.63, 3.8) is 0 Å². The molecule has 23 heavy (non-hydrogen) atoms. The monoisotopic (exact) mass is 365 g/mol. The van der Waals surface area contributed by atoms with Gasteiger partial charge < -0.3 is 19.8 Å². The van der Waals surface area contributed by atoms with Crippen LogP contribution in [0, 0.1) is 0 Å². The van der Waals surface area contributed by atoms with Crippen LogP contribution >= 0.6 is 0 Å². The quantitative estimate of drug-likeness (QED) is 0.390. The molecule has 0 amide bonds. The predicted octanol–water partition coefficient (Wildman–Crippen LogP) is -0.134. The zero-order chi connectivity index (χ0) is 18.7. The molecule has 0 saturated carbocycles. The SMILES string of the molecule is CCCC(=O)CC(=O)[O-].CCCC(=O)CC(=O)[O-].CCC[O][Ti+2]. The second kappa shape index (κ2) is 21.0. The van der Waals surface area contributed by atoms with E-state index in [1.807, 2.05) is 13.8 Å². The second-order valence-electron chi connectivity index (χ2n) is 4.52. The molecule has 0 aliphatic carbocycles. The van der Waals surface area contributed by atoms with Crippen molar-refractivity contribution >= 4 is 23.5 Å². The molecule has 0 rings (SSSR count). The third kappa shape index (κ3) is 33.7. The molecule has 8 heteroatoms. The van der Waals surface area contributed by atoms with Gasteiger partial charge in [0, 0.05) is 37.6 Å². The van der Waals surface area contributed by atoms with Crippen molar-refractivity contribution in [3.05, 3.63) is 0 Å². The van der Waals surface area contributed by atoms with Gasteiger partial charge in [-0.15, -0.1) is 0 Å². The Labute approximate surface area is 149 Å². The van der Waals surface area contributed by atoms with Gasteiger partial charge in [-0.1, -0.05) is 13.8 Å². The van der Waals surface area contributed by atoms with Gasteiger partial charge in [-0.2, -0.15) is 0 Å². The summed E-state index contributed by atoms with van der Waals surface area (Å²) >= 11 is 1.71. The number of Topliss-reactive ketones (excluding diaryl/α,β-unsaturated/α-hetero) is 2. The first-order chi connectivity index (χ1) is 10.7. The number of carbonyl (C=O) groups excluding carboxylic acids is 4. The minimum atomic E-state index is -1.28. The molecule has 0 spiro atoms. The summed E-state index contributed by atoms with van der Waals surface area (Å²) in [6, 6.07) is 0. The van der Waals surface area contributed by atoms with Gasteiger partial charge in [0.05, 0.1) is 0 Å². The maximum absolute atomic E-state index is 10.4. The Morgan fingerprint density at radius 3 is 1.26 bits per heavy atom. The number of carboxylic acids is 2. The molecule has 7 nitrogen and oxygen atoms in total. The summed E-state index contributed by atoms with van der Waals surface area (Å²) in [5.74, 6) is -3.07. The van der Waals surface area contributed by atoms with Crippen molar-refractivity contribution in [2.45, 2.75) is 65.7 Å². The average Bonchev–Trinajstić information content (AvgIpc) is 2.39. The van der Waals surface area contributed by atoms with Crippen LogP contribution in [0.1, 0.15) is 65.7 Å². The van der Waals surface area contributed by atoms with E-state index in [0.717, 1.165) is 13.0 Å². The Balaban J connectivity index is -0.000000273. The summed E-state index contributed by atoms with van der Waals surface area (Å²) in [6.07, 6.45) is 2.33. The number of hydrogen-bond acceptors (Lipinski definition) is 7. The van der Waals surface area contributed by atoms with Crippen LogP contribution in [0.5, 0.6) is 0 Å². The standard InChI is InChI=1S/2C6H10O3.C3H7O.Ti/c2*1-2-3-5(7)4-6(8)9;1-2-3-4;/h2*2-4H2,1H3,(H,8,9);2-3H2,1H3;/q;;-1;+3/p-2. The molecule has 0 aromatic carbocycles. The van der Waals surface area contributed by atoms with Crippen molar-refractivity contribution in [3.8, 4) is 0 Å². The van der Waals surface area contributed by atoms with Crippen molar-refractivity contribution in [1.82, 2.24) is 0 Å². The van der Waals surface area contributed by atoms with Crippen LogP contribution in [-0.2, 0) is 43.3 Å². The molecule has 0 radical (unpaired) electrons. The van der Waals surface area contributed by atoms with Gasteiger partial charge in [0.15, 0.2) is 0 Å². The summed E-state index contributed by atoms with van der Waals surface area (Å²) in [4.78, 5) is 40.4. The Bertz CT molecular complexity index is 311. The van der Waals surface area contributed by atoms with E-state index in [1.165, 1.54) is 0 Å². The molecule has 0 aliphatic rings. The molecule has 0 aromatic heterocycles. The van der Waals surface area contributed by atoms with Gasteiger partial charge in [0.1, 0.15) is 11.6 Å². The number of hydrogen-bond donors (Lipinski definition) is 0. The van der Waals surface area contributed by atoms with E-state index >= 15 is 0 Å². The van der Waals surface area contributed by atoms with E-state index in [9.17, 15) is 29.4 Å². The Morgan fingerprint density at radius 1 is 0.783 bits per heavy atom. The number of aliphatic carboxylic acids is 2. The van der Waals surface area contributed by atoms with Gasteiger partial charge in [0.2, 0.25) is 0 Å². The first-order valence-electron chi connectivity index (χ1n) is 7.46. The van der Waals surface area contributed by atoms with Gasteiger partial charge in [-0.25, -0.2) is 0 Å². The number of carbonyl (C=O) groups is 4. The fourth-order valence-corrected chi connectivity index (χ4v) is 1.48. The summed E-state index contributed by atoms with van der Waals surface area (Å²) in [5.41, 5.74) is 0. The van der Waals surface area contributed by atoms with Gasteiger partial charge >= 0.3 is 44.1 Å². The molecular formula is C15H25O7Ti. The number of ketones is 2. The zero-order valence-corrected chi connectivity index (χ0v) is 15.6. The zero-order valence-electron chi connectivity index (χ0n) is 14.0. The molecule has 0 unspecified atom stereocenters. The van der Waals surface area contributed by atoms with Crippen molar-refractivity contribution in [2.75, 3.05) is 6.61 Å². The summed E-state index contributed by atoms with van der Waals surface area (Å²) < 4.78 is 4.69. The van der Waals surface area contributed by atoms with E-state index in [2.05, 4.69) is 6.92 Å². The van der Waals surface area contributed by atoms with Crippen molar-refractivity contribution < 1.29 is 53.5 Å². The minimum absolute atomic E-state index is 0.252. The topological polar surface area (TPSA) is 124 Å². The van der Waals surface area contributed by atoms with Crippen molar-refractivity contribution in [1.29, 1.82) is 0 Å². The van der Waals surface area contributed by atoms with Crippen LogP contribution < -0.4 is 10.2 Å². The Morgan fingerprint density at radius 2 is 1.13 bits per heavy atom. The second-order valence-corrected chi connectivity index (χ2v) is 4.97. The predicted molar refractivity (Wildman–Crippen MR) is 75.3 cm³/mol. The normalized spacial score (nSPS) is 8.91. The molecule has 0 aromatic rings. The van der Waals surface area contributed by atoms with Gasteiger partial charge in [-0.3, -0.25) is 9.59 Å². The summed E-state index contributed by atoms with van der Waals surface area (Å²) in [5, 5.41) is 19.5. The Hall–Kier alpha value is -1.05. The molecule has 0 heterocycles. The maximum atomic E-state index is 10.4. The van der Waals surface area contributed by atoms with E-state index in [1.54, 1.807) is 20.8 Å². The Kier molecular flexibility index (Phi) is 24.4. The van der Waals surface area contributed by atoms with Crippen LogP contribution in [0.3, 0.4) is 0 Å². The van der Waals surface area contributed by atoms with Crippen LogP contribution in [0.2, 0.25) is 0 Å². The van der Waals surface area contributed by atoms with Crippen LogP contribution in [-0.4, -0.2) is 30.1 Å². The summed E-state index contributed by atoms with van der Waals surface area (Å²) in [6.45, 7) is 6.63. The molecule has 0 aliphatic heterocycles. The van der Waals surface area contributed by atoms with Crippen LogP contribution in [0.15, 0.2) is 0 Å². The van der Waals surface area contributed by atoms with Crippen molar-refractivity contribution in [2.24, 2.45) is 0 Å². The molecule has 0 saturated heterocycles. The van der Waals surface area contributed by atoms with E-state index in [-0.39, 0.29) is 11.6 Å². The number of rotatable bonds is 10. The summed E-state index contributed by atoms with van der Waals surface area (Å²) in [7, 11) is 0. The molecule has 131 valence electrons. The molecular weight excluding hydrogens is 340 g/mol.